The number of ether oxygens (including phenoxy) is 1. The number of anilines is 1. The molecule has 3 saturated carbocycles. The number of carbonyl (C=O) groups excluding carboxylic acids is 1. The lowest BCUT2D eigenvalue weighted by atomic mass is 9.66. The van der Waals surface area contributed by atoms with E-state index in [9.17, 15) is 39.6 Å². The zero-order valence-corrected chi connectivity index (χ0v) is 20.0. The summed E-state index contributed by atoms with van der Waals surface area (Å²) in [6.45, 7) is -0.462. The molecule has 204 valence electrons. The number of benzene rings is 1. The maximum atomic E-state index is 13.2. The van der Waals surface area contributed by atoms with Crippen molar-refractivity contribution in [1.82, 2.24) is 19.1 Å². The highest BCUT2D eigenvalue weighted by Gasteiger charge is 2.63. The van der Waals surface area contributed by atoms with Crippen LogP contribution in [-0.2, 0) is 25.7 Å². The molecular weight excluding hydrogens is 544 g/mol. The van der Waals surface area contributed by atoms with Crippen LogP contribution in [0.5, 0.6) is 0 Å². The third-order valence-corrected chi connectivity index (χ3v) is 8.48. The number of rotatable bonds is 6. The van der Waals surface area contributed by atoms with Crippen LogP contribution in [0.25, 0.3) is 16.9 Å². The van der Waals surface area contributed by atoms with Gasteiger partial charge in [0.05, 0.1) is 23.4 Å². The first-order valence-electron chi connectivity index (χ1n) is 11.1. The van der Waals surface area contributed by atoms with Gasteiger partial charge in [-0.25, -0.2) is 27.9 Å². The molecule has 2 heterocycles. The minimum absolute atomic E-state index is 0.0405. The summed E-state index contributed by atoms with van der Waals surface area (Å²) in [5.74, 6) is -2.74. The lowest BCUT2D eigenvalue weighted by Crippen LogP contribution is -2.56. The molecule has 3 N–H and O–H groups in total. The van der Waals surface area contributed by atoms with Crippen LogP contribution >= 0.6 is 0 Å². The summed E-state index contributed by atoms with van der Waals surface area (Å²) in [4.78, 5) is 18.2. The van der Waals surface area contributed by atoms with Gasteiger partial charge in [-0.15, -0.1) is 0 Å². The standard InChI is InChI=1S/C22H19F6N5O4S/c23-21(24,25)15-8-33-14(7-30-17(33)16(29)31-15)12-2-1-3-13(6-12)38(35,36)32-20-5-4-19(9-20,10-20)11-37-18(34)22(26,27)28/h1-3,6-8,32H,4-5,9-11H2,(H2,29,31). The number of aromatic nitrogens is 3. The number of carbonyl (C=O) groups is 1. The summed E-state index contributed by atoms with van der Waals surface area (Å²) in [7, 11) is -4.14. The third-order valence-electron chi connectivity index (χ3n) is 6.90. The summed E-state index contributed by atoms with van der Waals surface area (Å²) >= 11 is 0. The molecule has 6 rings (SSSR count). The molecule has 3 aromatic rings. The van der Waals surface area contributed by atoms with Crippen molar-refractivity contribution in [3.63, 3.8) is 0 Å². The second-order valence-electron chi connectivity index (χ2n) is 9.69. The van der Waals surface area contributed by atoms with Crippen molar-refractivity contribution in [2.75, 3.05) is 12.3 Å². The smallest absolute Gasteiger partial charge is 0.458 e. The number of imidazole rings is 1. The molecule has 0 saturated heterocycles. The van der Waals surface area contributed by atoms with Gasteiger partial charge in [0.1, 0.15) is 0 Å². The van der Waals surface area contributed by atoms with Gasteiger partial charge in [0.2, 0.25) is 10.0 Å². The van der Waals surface area contributed by atoms with Gasteiger partial charge < -0.3 is 10.5 Å². The van der Waals surface area contributed by atoms with Crippen LogP contribution in [0.1, 0.15) is 31.4 Å². The quantitative estimate of drug-likeness (QED) is 0.346. The lowest BCUT2D eigenvalue weighted by molar-refractivity contribution is -0.204. The number of alkyl halides is 6. The number of nitrogens with one attached hydrogen (secondary N) is 1. The summed E-state index contributed by atoms with van der Waals surface area (Å²) in [5, 5.41) is 0. The molecule has 0 unspecified atom stereocenters. The molecule has 0 atom stereocenters. The number of nitrogens with zero attached hydrogens (tertiary/aromatic N) is 3. The maximum absolute atomic E-state index is 13.2. The summed E-state index contributed by atoms with van der Waals surface area (Å²) in [6, 6.07) is 5.46. The Morgan fingerprint density at radius 2 is 1.87 bits per heavy atom. The molecule has 9 nitrogen and oxygen atoms in total. The van der Waals surface area contributed by atoms with Crippen molar-refractivity contribution in [3.8, 4) is 11.3 Å². The fourth-order valence-electron chi connectivity index (χ4n) is 5.37. The highest BCUT2D eigenvalue weighted by atomic mass is 32.2. The van der Waals surface area contributed by atoms with Gasteiger partial charge in [0.15, 0.2) is 17.2 Å². The molecule has 0 radical (unpaired) electrons. The Morgan fingerprint density at radius 3 is 2.53 bits per heavy atom. The van der Waals surface area contributed by atoms with Crippen LogP contribution in [-0.4, -0.2) is 47.1 Å². The van der Waals surface area contributed by atoms with Gasteiger partial charge in [-0.3, -0.25) is 4.40 Å². The van der Waals surface area contributed by atoms with Gasteiger partial charge >= 0.3 is 18.3 Å². The van der Waals surface area contributed by atoms with E-state index in [1.807, 2.05) is 0 Å². The van der Waals surface area contributed by atoms with Crippen molar-refractivity contribution >= 4 is 27.5 Å². The van der Waals surface area contributed by atoms with Crippen molar-refractivity contribution < 1.29 is 44.3 Å². The Labute approximate surface area is 211 Å². The molecule has 0 amide bonds. The molecule has 2 aromatic heterocycles. The summed E-state index contributed by atoms with van der Waals surface area (Å²) in [5.41, 5.74) is 3.11. The Bertz CT molecular complexity index is 1540. The molecule has 0 spiro atoms. The van der Waals surface area contributed by atoms with Gasteiger partial charge in [-0.2, -0.15) is 26.3 Å². The van der Waals surface area contributed by atoms with Crippen molar-refractivity contribution in [3.05, 3.63) is 42.4 Å². The highest BCUT2D eigenvalue weighted by Crippen LogP contribution is 2.62. The third kappa shape index (κ3) is 4.55. The van der Waals surface area contributed by atoms with Gasteiger partial charge in [0.25, 0.3) is 0 Å². The van der Waals surface area contributed by atoms with Crippen LogP contribution in [0.15, 0.2) is 41.6 Å². The number of nitrogen functional groups attached to an aromatic ring is 1. The predicted octanol–water partition coefficient (Wildman–Crippen LogP) is 3.69. The monoisotopic (exact) mass is 563 g/mol. The Balaban J connectivity index is 1.36. The van der Waals surface area contributed by atoms with E-state index in [0.717, 1.165) is 4.40 Å². The zero-order chi connectivity index (χ0) is 27.7. The van der Waals surface area contributed by atoms with Crippen molar-refractivity contribution in [2.45, 2.75) is 48.5 Å². The van der Waals surface area contributed by atoms with Gasteiger partial charge in [0, 0.05) is 22.7 Å². The van der Waals surface area contributed by atoms with Crippen LogP contribution in [0, 0.1) is 5.41 Å². The fraction of sp³-hybridized carbons (Fsp3) is 0.409. The molecule has 16 heteroatoms. The lowest BCUT2D eigenvalue weighted by Gasteiger charge is -2.47. The average molecular weight is 563 g/mol. The minimum atomic E-state index is -5.11. The van der Waals surface area contributed by atoms with E-state index >= 15 is 0 Å². The maximum Gasteiger partial charge on any atom is 0.490 e. The SMILES string of the molecule is Nc1nc(C(F)(F)F)cn2c(-c3cccc(S(=O)(=O)NC45CCC(COC(=O)C(F)(F)F)(C4)C5)c3)cnc12. The van der Waals surface area contributed by atoms with Crippen molar-refractivity contribution in [1.29, 1.82) is 0 Å². The Hall–Kier alpha value is -3.40. The van der Waals surface area contributed by atoms with Crippen LogP contribution in [0.3, 0.4) is 0 Å². The molecule has 1 aromatic carbocycles. The first-order chi connectivity index (χ1) is 17.5. The summed E-state index contributed by atoms with van der Waals surface area (Å²) in [6.07, 6.45) is -6.82. The number of halogens is 6. The number of nitrogens with two attached hydrogens (primary N) is 1. The van der Waals surface area contributed by atoms with Gasteiger partial charge in [-0.1, -0.05) is 12.1 Å². The molecule has 0 aliphatic heterocycles. The summed E-state index contributed by atoms with van der Waals surface area (Å²) < 4.78 is 111. The zero-order valence-electron chi connectivity index (χ0n) is 19.2. The van der Waals surface area contributed by atoms with Crippen molar-refractivity contribution in [2.24, 2.45) is 5.41 Å². The number of fused-ring (bicyclic) bond motifs is 2. The number of hydrogen-bond donors (Lipinski definition) is 2. The van der Waals surface area contributed by atoms with E-state index in [-0.39, 0.29) is 34.6 Å². The van der Waals surface area contributed by atoms with Crippen LogP contribution in [0.4, 0.5) is 32.2 Å². The second kappa shape index (κ2) is 8.30. The molecular formula is C22H19F6N5O4S. The average Bonchev–Trinajstić information content (AvgIpc) is 3.47. The topological polar surface area (TPSA) is 129 Å². The highest BCUT2D eigenvalue weighted by molar-refractivity contribution is 7.89. The Morgan fingerprint density at radius 1 is 1.16 bits per heavy atom. The molecule has 38 heavy (non-hydrogen) atoms. The molecule has 2 bridgehead atoms. The van der Waals surface area contributed by atoms with Gasteiger partial charge in [-0.05, 0) is 37.8 Å². The van der Waals surface area contributed by atoms with E-state index < -0.39 is 57.4 Å². The van der Waals surface area contributed by atoms with E-state index in [1.54, 1.807) is 0 Å². The van der Waals surface area contributed by atoms with E-state index in [1.165, 1.54) is 30.5 Å². The number of sulfonamides is 1. The first kappa shape index (κ1) is 26.2. The normalized spacial score (nSPS) is 23.4. The number of hydrogen-bond acceptors (Lipinski definition) is 7. The molecule has 3 fully saturated rings. The molecule has 3 aliphatic rings. The second-order valence-corrected chi connectivity index (χ2v) is 11.4. The van der Waals surface area contributed by atoms with Crippen LogP contribution in [0.2, 0.25) is 0 Å². The Kier molecular flexibility index (Phi) is 5.72. The predicted molar refractivity (Wildman–Crippen MR) is 119 cm³/mol. The van der Waals surface area contributed by atoms with Crippen LogP contribution < -0.4 is 10.5 Å². The molecule has 3 aliphatic carbocycles. The van der Waals surface area contributed by atoms with E-state index in [0.29, 0.717) is 19.0 Å². The number of esters is 1. The van der Waals surface area contributed by atoms with E-state index in [2.05, 4.69) is 19.4 Å². The minimum Gasteiger partial charge on any atom is -0.458 e. The largest absolute Gasteiger partial charge is 0.490 e. The first-order valence-corrected chi connectivity index (χ1v) is 12.6. The fourth-order valence-corrected chi connectivity index (χ4v) is 6.84. The van der Waals surface area contributed by atoms with E-state index in [4.69, 9.17) is 5.73 Å².